The fourth-order valence-electron chi connectivity index (χ4n) is 2.91. The maximum Gasteiger partial charge on any atom is 0.243 e. The minimum atomic E-state index is -3.42. The molecule has 1 atom stereocenters. The van der Waals surface area contributed by atoms with Gasteiger partial charge in [0.05, 0.1) is 4.90 Å². The second-order valence-corrected chi connectivity index (χ2v) is 9.26. The third kappa shape index (κ3) is 4.14. The molecule has 0 aromatic heterocycles. The Morgan fingerprint density at radius 2 is 1.75 bits per heavy atom. The smallest absolute Gasteiger partial charge is 0.207 e. The van der Waals surface area contributed by atoms with Crippen LogP contribution in [0.4, 0.5) is 0 Å². The molecule has 1 unspecified atom stereocenters. The molecule has 0 saturated carbocycles. The van der Waals surface area contributed by atoms with Crippen LogP contribution in [0.25, 0.3) is 0 Å². The highest BCUT2D eigenvalue weighted by atomic mass is 35.5. The van der Waals surface area contributed by atoms with Crippen LogP contribution in [0, 0.1) is 0 Å². The Balaban J connectivity index is 1.75. The van der Waals surface area contributed by atoms with E-state index in [1.807, 2.05) is 30.3 Å². The lowest BCUT2D eigenvalue weighted by Gasteiger charge is -2.34. The van der Waals surface area contributed by atoms with Crippen molar-refractivity contribution in [1.29, 1.82) is 0 Å². The molecule has 6 heteroatoms. The van der Waals surface area contributed by atoms with E-state index < -0.39 is 10.0 Å². The summed E-state index contributed by atoms with van der Waals surface area (Å²) in [5.74, 6) is 0.758. The number of halogens is 1. The summed E-state index contributed by atoms with van der Waals surface area (Å²) in [7, 11) is -3.42. The number of nitrogens with zero attached hydrogens (tertiary/aromatic N) is 1. The van der Waals surface area contributed by atoms with E-state index in [0.29, 0.717) is 16.5 Å². The molecular formula is C18H20ClNO2S2. The van der Waals surface area contributed by atoms with Crippen LogP contribution < -0.4 is 0 Å². The van der Waals surface area contributed by atoms with Crippen molar-refractivity contribution in [3.8, 4) is 0 Å². The van der Waals surface area contributed by atoms with Gasteiger partial charge in [0.15, 0.2) is 0 Å². The zero-order chi connectivity index (χ0) is 17.0. The number of thioether (sulfide) groups is 1. The van der Waals surface area contributed by atoms with Crippen molar-refractivity contribution in [2.45, 2.75) is 35.1 Å². The van der Waals surface area contributed by atoms with E-state index >= 15 is 0 Å². The molecule has 128 valence electrons. The summed E-state index contributed by atoms with van der Waals surface area (Å²) < 4.78 is 27.6. The Labute approximate surface area is 153 Å². The number of hydrogen-bond acceptors (Lipinski definition) is 3. The minimum Gasteiger partial charge on any atom is -0.207 e. The summed E-state index contributed by atoms with van der Waals surface area (Å²) in [6.07, 6.45) is 2.91. The number of benzene rings is 2. The fourth-order valence-corrected chi connectivity index (χ4v) is 5.90. The van der Waals surface area contributed by atoms with E-state index in [1.54, 1.807) is 40.3 Å². The van der Waals surface area contributed by atoms with E-state index in [2.05, 4.69) is 0 Å². The van der Waals surface area contributed by atoms with Gasteiger partial charge in [0.2, 0.25) is 10.0 Å². The standard InChI is InChI=1S/C18H20ClNO2S2/c19-15-9-11-17(12-10-15)23-14-16-6-4-5-13-20(16)24(21,22)18-7-2-1-3-8-18/h1-3,7-12,16H,4-6,13-14H2. The van der Waals surface area contributed by atoms with E-state index in [0.717, 1.165) is 29.9 Å². The van der Waals surface area contributed by atoms with Gasteiger partial charge in [0.25, 0.3) is 0 Å². The topological polar surface area (TPSA) is 37.4 Å². The second kappa shape index (κ2) is 7.91. The van der Waals surface area contributed by atoms with E-state index in [1.165, 1.54) is 0 Å². The zero-order valence-corrected chi connectivity index (χ0v) is 15.7. The van der Waals surface area contributed by atoms with Crippen molar-refractivity contribution in [2.75, 3.05) is 12.3 Å². The van der Waals surface area contributed by atoms with Gasteiger partial charge in [-0.1, -0.05) is 36.2 Å². The van der Waals surface area contributed by atoms with Gasteiger partial charge in [0.1, 0.15) is 0 Å². The number of rotatable bonds is 5. The highest BCUT2D eigenvalue weighted by Crippen LogP contribution is 2.30. The molecule has 1 aliphatic rings. The van der Waals surface area contributed by atoms with Gasteiger partial charge in [-0.25, -0.2) is 8.42 Å². The number of hydrogen-bond donors (Lipinski definition) is 0. The summed E-state index contributed by atoms with van der Waals surface area (Å²) in [5, 5.41) is 0.713. The van der Waals surface area contributed by atoms with Gasteiger partial charge in [-0.15, -0.1) is 11.8 Å². The first-order valence-corrected chi connectivity index (χ1v) is 10.8. The summed E-state index contributed by atoms with van der Waals surface area (Å²) >= 11 is 7.60. The summed E-state index contributed by atoms with van der Waals surface area (Å²) in [6, 6.07) is 16.4. The Kier molecular flexibility index (Phi) is 5.87. The summed E-state index contributed by atoms with van der Waals surface area (Å²) in [5.41, 5.74) is 0. The van der Waals surface area contributed by atoms with Crippen LogP contribution in [0.2, 0.25) is 5.02 Å². The first kappa shape index (κ1) is 17.8. The van der Waals surface area contributed by atoms with Gasteiger partial charge in [-0.05, 0) is 49.2 Å². The van der Waals surface area contributed by atoms with Crippen LogP contribution in [-0.4, -0.2) is 31.1 Å². The molecule has 2 aromatic carbocycles. The van der Waals surface area contributed by atoms with Crippen molar-refractivity contribution < 1.29 is 8.42 Å². The Bertz CT molecular complexity index is 763. The lowest BCUT2D eigenvalue weighted by atomic mass is 10.1. The van der Waals surface area contributed by atoms with Crippen LogP contribution in [0.5, 0.6) is 0 Å². The summed E-state index contributed by atoms with van der Waals surface area (Å²) in [4.78, 5) is 1.50. The number of piperidine rings is 1. The van der Waals surface area contributed by atoms with Crippen LogP contribution in [0.3, 0.4) is 0 Å². The Morgan fingerprint density at radius 1 is 1.04 bits per heavy atom. The zero-order valence-electron chi connectivity index (χ0n) is 13.3. The van der Waals surface area contributed by atoms with Crippen molar-refractivity contribution >= 4 is 33.4 Å². The van der Waals surface area contributed by atoms with Gasteiger partial charge >= 0.3 is 0 Å². The van der Waals surface area contributed by atoms with Gasteiger partial charge < -0.3 is 0 Å². The second-order valence-electron chi connectivity index (χ2n) is 5.84. The molecule has 1 fully saturated rings. The van der Waals surface area contributed by atoms with Crippen LogP contribution >= 0.6 is 23.4 Å². The molecule has 1 aliphatic heterocycles. The van der Waals surface area contributed by atoms with E-state index in [9.17, 15) is 8.42 Å². The minimum absolute atomic E-state index is 0.0321. The highest BCUT2D eigenvalue weighted by Gasteiger charge is 2.33. The normalized spacial score (nSPS) is 19.3. The maximum atomic E-state index is 13.0. The van der Waals surface area contributed by atoms with Gasteiger partial charge in [-0.3, -0.25) is 0 Å². The first-order chi connectivity index (χ1) is 11.6. The molecule has 0 spiro atoms. The average Bonchev–Trinajstić information content (AvgIpc) is 2.62. The monoisotopic (exact) mass is 381 g/mol. The quantitative estimate of drug-likeness (QED) is 0.706. The Hall–Kier alpha value is -1.01. The average molecular weight is 382 g/mol. The number of sulfonamides is 1. The molecule has 3 nitrogen and oxygen atoms in total. The SMILES string of the molecule is O=S(=O)(c1ccccc1)N1CCCCC1CSc1ccc(Cl)cc1. The summed E-state index contributed by atoms with van der Waals surface area (Å²) in [6.45, 7) is 0.600. The predicted octanol–water partition coefficient (Wildman–Crippen LogP) is 4.68. The maximum absolute atomic E-state index is 13.0. The van der Waals surface area contributed by atoms with Gasteiger partial charge in [-0.2, -0.15) is 4.31 Å². The van der Waals surface area contributed by atoms with Gasteiger partial charge in [0, 0.05) is 28.3 Å². The van der Waals surface area contributed by atoms with Crippen molar-refractivity contribution in [2.24, 2.45) is 0 Å². The molecule has 24 heavy (non-hydrogen) atoms. The predicted molar refractivity (Wildman–Crippen MR) is 100 cm³/mol. The first-order valence-electron chi connectivity index (χ1n) is 8.02. The molecule has 0 aliphatic carbocycles. The van der Waals surface area contributed by atoms with Crippen LogP contribution in [-0.2, 0) is 10.0 Å². The molecule has 1 heterocycles. The molecule has 1 saturated heterocycles. The lowest BCUT2D eigenvalue weighted by Crippen LogP contribution is -2.44. The molecule has 0 N–H and O–H groups in total. The Morgan fingerprint density at radius 3 is 2.46 bits per heavy atom. The van der Waals surface area contributed by atoms with E-state index in [4.69, 9.17) is 11.6 Å². The fraction of sp³-hybridized carbons (Fsp3) is 0.333. The van der Waals surface area contributed by atoms with Crippen molar-refractivity contribution in [1.82, 2.24) is 4.31 Å². The van der Waals surface area contributed by atoms with Crippen LogP contribution in [0.15, 0.2) is 64.4 Å². The molecular weight excluding hydrogens is 362 g/mol. The van der Waals surface area contributed by atoms with Crippen LogP contribution in [0.1, 0.15) is 19.3 Å². The third-order valence-electron chi connectivity index (χ3n) is 4.18. The molecule has 0 amide bonds. The third-order valence-corrected chi connectivity index (χ3v) is 7.55. The lowest BCUT2D eigenvalue weighted by molar-refractivity contribution is 0.272. The molecule has 3 rings (SSSR count). The largest absolute Gasteiger partial charge is 0.243 e. The highest BCUT2D eigenvalue weighted by molar-refractivity contribution is 7.99. The van der Waals surface area contributed by atoms with Crippen molar-refractivity contribution in [3.63, 3.8) is 0 Å². The molecule has 0 bridgehead atoms. The molecule has 0 radical (unpaired) electrons. The van der Waals surface area contributed by atoms with E-state index in [-0.39, 0.29) is 6.04 Å². The molecule has 2 aromatic rings. The van der Waals surface area contributed by atoms with Crippen molar-refractivity contribution in [3.05, 3.63) is 59.6 Å².